The summed E-state index contributed by atoms with van der Waals surface area (Å²) < 4.78 is 26.6. The maximum absolute atomic E-state index is 13.7. The van der Waals surface area contributed by atoms with Crippen LogP contribution in [0.2, 0.25) is 0 Å². The molecule has 1 aliphatic heterocycles. The molecule has 31 heavy (non-hydrogen) atoms. The first-order valence-corrected chi connectivity index (χ1v) is 11.2. The molecule has 1 aliphatic rings. The SMILES string of the molecule is CC(C)c1c2c(c(OCc3ccccc3)c(-c3ccc(F)cc3)c1CCl)OC(C)(C)C2. The smallest absolute Gasteiger partial charge is 0.170 e. The molecule has 0 spiro atoms. The van der Waals surface area contributed by atoms with E-state index < -0.39 is 0 Å². The monoisotopic (exact) mass is 438 g/mol. The van der Waals surface area contributed by atoms with E-state index in [4.69, 9.17) is 21.1 Å². The van der Waals surface area contributed by atoms with Gasteiger partial charge in [0, 0.05) is 23.4 Å². The van der Waals surface area contributed by atoms with Gasteiger partial charge in [-0.05, 0) is 54.2 Å². The molecule has 0 unspecified atom stereocenters. The second kappa shape index (κ2) is 8.55. The first-order chi connectivity index (χ1) is 14.8. The number of hydrogen-bond acceptors (Lipinski definition) is 2. The van der Waals surface area contributed by atoms with Gasteiger partial charge < -0.3 is 9.47 Å². The third-order valence-electron chi connectivity index (χ3n) is 5.71. The van der Waals surface area contributed by atoms with Gasteiger partial charge in [-0.3, -0.25) is 0 Å². The minimum Gasteiger partial charge on any atom is -0.484 e. The van der Waals surface area contributed by atoms with Crippen molar-refractivity contribution in [3.05, 3.63) is 82.7 Å². The van der Waals surface area contributed by atoms with E-state index in [-0.39, 0.29) is 17.3 Å². The highest BCUT2D eigenvalue weighted by Gasteiger charge is 2.38. The fraction of sp³-hybridized carbons (Fsp3) is 0.333. The Kier molecular flexibility index (Phi) is 5.98. The Morgan fingerprint density at radius 3 is 2.35 bits per heavy atom. The lowest BCUT2D eigenvalue weighted by Gasteiger charge is -2.24. The van der Waals surface area contributed by atoms with Crippen molar-refractivity contribution in [3.63, 3.8) is 0 Å². The van der Waals surface area contributed by atoms with E-state index >= 15 is 0 Å². The van der Waals surface area contributed by atoms with Crippen LogP contribution in [0, 0.1) is 5.82 Å². The van der Waals surface area contributed by atoms with Gasteiger partial charge in [0.05, 0.1) is 0 Å². The van der Waals surface area contributed by atoms with Crippen molar-refractivity contribution in [2.75, 3.05) is 0 Å². The Balaban J connectivity index is 1.96. The van der Waals surface area contributed by atoms with Gasteiger partial charge in [0.25, 0.3) is 0 Å². The van der Waals surface area contributed by atoms with Gasteiger partial charge in [0.2, 0.25) is 0 Å². The van der Waals surface area contributed by atoms with E-state index in [1.807, 2.05) is 30.3 Å². The summed E-state index contributed by atoms with van der Waals surface area (Å²) in [4.78, 5) is 0. The van der Waals surface area contributed by atoms with Crippen LogP contribution in [0.5, 0.6) is 11.5 Å². The normalized spacial score (nSPS) is 14.4. The lowest BCUT2D eigenvalue weighted by Crippen LogP contribution is -2.25. The van der Waals surface area contributed by atoms with Gasteiger partial charge in [-0.1, -0.05) is 56.3 Å². The molecular weight excluding hydrogens is 411 g/mol. The number of benzene rings is 3. The Labute approximate surface area is 189 Å². The van der Waals surface area contributed by atoms with Crippen LogP contribution < -0.4 is 9.47 Å². The quantitative estimate of drug-likeness (QED) is 0.368. The van der Waals surface area contributed by atoms with E-state index in [9.17, 15) is 4.39 Å². The first kappa shape index (κ1) is 21.7. The number of alkyl halides is 1. The molecular formula is C27H28ClFO2. The van der Waals surface area contributed by atoms with Crippen molar-refractivity contribution in [2.45, 2.75) is 58.1 Å². The predicted octanol–water partition coefficient (Wildman–Crippen LogP) is 7.65. The van der Waals surface area contributed by atoms with Crippen LogP contribution in [-0.4, -0.2) is 5.60 Å². The average molecular weight is 439 g/mol. The highest BCUT2D eigenvalue weighted by molar-refractivity contribution is 6.17. The van der Waals surface area contributed by atoms with Gasteiger partial charge in [-0.15, -0.1) is 11.6 Å². The third kappa shape index (κ3) is 4.29. The lowest BCUT2D eigenvalue weighted by molar-refractivity contribution is 0.131. The second-order valence-corrected chi connectivity index (χ2v) is 9.28. The van der Waals surface area contributed by atoms with Gasteiger partial charge in [-0.25, -0.2) is 4.39 Å². The van der Waals surface area contributed by atoms with Crippen LogP contribution in [0.25, 0.3) is 11.1 Å². The summed E-state index contributed by atoms with van der Waals surface area (Å²) in [5.74, 6) is 1.82. The Morgan fingerprint density at radius 1 is 1.06 bits per heavy atom. The van der Waals surface area contributed by atoms with Crippen LogP contribution in [-0.2, 0) is 18.9 Å². The van der Waals surface area contributed by atoms with Crippen molar-refractivity contribution in [2.24, 2.45) is 0 Å². The molecule has 0 radical (unpaired) electrons. The molecule has 1 heterocycles. The van der Waals surface area contributed by atoms with E-state index in [0.29, 0.717) is 18.2 Å². The highest BCUT2D eigenvalue weighted by Crippen LogP contribution is 2.53. The molecule has 4 heteroatoms. The second-order valence-electron chi connectivity index (χ2n) is 9.01. The van der Waals surface area contributed by atoms with E-state index in [2.05, 4.69) is 27.7 Å². The van der Waals surface area contributed by atoms with Crippen molar-refractivity contribution in [3.8, 4) is 22.6 Å². The molecule has 0 saturated heterocycles. The number of halogens is 2. The van der Waals surface area contributed by atoms with E-state index in [1.54, 1.807) is 12.1 Å². The van der Waals surface area contributed by atoms with Crippen LogP contribution in [0.3, 0.4) is 0 Å². The number of hydrogen-bond donors (Lipinski definition) is 0. The van der Waals surface area contributed by atoms with Gasteiger partial charge in [-0.2, -0.15) is 0 Å². The van der Waals surface area contributed by atoms with Crippen LogP contribution in [0.1, 0.15) is 55.9 Å². The minimum absolute atomic E-state index is 0.266. The standard InChI is InChI=1S/C27H28ClFO2/c1-17(2)23-21-14-27(3,4)31-25(21)26(30-16-18-8-6-5-7-9-18)24(22(23)15-28)19-10-12-20(29)13-11-19/h5-13,17H,14-16H2,1-4H3. The maximum Gasteiger partial charge on any atom is 0.170 e. The zero-order chi connectivity index (χ0) is 22.2. The van der Waals surface area contributed by atoms with E-state index in [0.717, 1.165) is 34.4 Å². The third-order valence-corrected chi connectivity index (χ3v) is 5.98. The summed E-state index contributed by atoms with van der Waals surface area (Å²) in [6.07, 6.45) is 0.797. The van der Waals surface area contributed by atoms with Crippen LogP contribution in [0.15, 0.2) is 54.6 Å². The summed E-state index contributed by atoms with van der Waals surface area (Å²) in [6, 6.07) is 16.6. The van der Waals surface area contributed by atoms with Gasteiger partial charge >= 0.3 is 0 Å². The van der Waals surface area contributed by atoms with E-state index in [1.165, 1.54) is 23.3 Å². The molecule has 0 fully saturated rings. The number of ether oxygens (including phenoxy) is 2. The number of fused-ring (bicyclic) bond motifs is 1. The Morgan fingerprint density at radius 2 is 1.74 bits per heavy atom. The lowest BCUT2D eigenvalue weighted by atomic mass is 9.84. The summed E-state index contributed by atoms with van der Waals surface area (Å²) in [5.41, 5.74) is 5.92. The Hall–Kier alpha value is -2.52. The molecule has 0 N–H and O–H groups in total. The molecule has 0 saturated carbocycles. The van der Waals surface area contributed by atoms with Gasteiger partial charge in [0.1, 0.15) is 18.0 Å². The average Bonchev–Trinajstić information content (AvgIpc) is 3.06. The van der Waals surface area contributed by atoms with Crippen molar-refractivity contribution in [1.29, 1.82) is 0 Å². The summed E-state index contributed by atoms with van der Waals surface area (Å²) in [7, 11) is 0. The molecule has 0 aromatic heterocycles. The largest absolute Gasteiger partial charge is 0.484 e. The molecule has 4 rings (SSSR count). The summed E-state index contributed by atoms with van der Waals surface area (Å²) in [6.45, 7) is 8.95. The first-order valence-electron chi connectivity index (χ1n) is 10.7. The molecule has 0 bridgehead atoms. The maximum atomic E-state index is 13.7. The molecule has 0 atom stereocenters. The van der Waals surface area contributed by atoms with Gasteiger partial charge in [0.15, 0.2) is 11.5 Å². The Bertz CT molecular complexity index is 1070. The fourth-order valence-corrected chi connectivity index (χ4v) is 4.75. The molecule has 0 amide bonds. The molecule has 162 valence electrons. The van der Waals surface area contributed by atoms with Crippen LogP contribution >= 0.6 is 11.6 Å². The van der Waals surface area contributed by atoms with Crippen LogP contribution in [0.4, 0.5) is 4.39 Å². The molecule has 0 aliphatic carbocycles. The van der Waals surface area contributed by atoms with Crippen molar-refractivity contribution < 1.29 is 13.9 Å². The molecule has 2 nitrogen and oxygen atoms in total. The zero-order valence-electron chi connectivity index (χ0n) is 18.5. The highest BCUT2D eigenvalue weighted by atomic mass is 35.5. The molecule has 3 aromatic rings. The fourth-order valence-electron chi connectivity index (χ4n) is 4.47. The number of rotatable bonds is 6. The predicted molar refractivity (Wildman–Crippen MR) is 125 cm³/mol. The summed E-state index contributed by atoms with van der Waals surface area (Å²) in [5, 5.41) is 0. The van der Waals surface area contributed by atoms with Crippen molar-refractivity contribution in [1.82, 2.24) is 0 Å². The summed E-state index contributed by atoms with van der Waals surface area (Å²) >= 11 is 6.55. The zero-order valence-corrected chi connectivity index (χ0v) is 19.2. The minimum atomic E-state index is -0.332. The topological polar surface area (TPSA) is 18.5 Å². The van der Waals surface area contributed by atoms with Crippen molar-refractivity contribution >= 4 is 11.6 Å². The molecule has 3 aromatic carbocycles.